The Morgan fingerprint density at radius 2 is 2.35 bits per heavy atom. The van der Waals surface area contributed by atoms with Gasteiger partial charge in [0.1, 0.15) is 22.5 Å². The predicted molar refractivity (Wildman–Crippen MR) is 73.4 cm³/mol. The van der Waals surface area contributed by atoms with E-state index >= 15 is 0 Å². The van der Waals surface area contributed by atoms with E-state index in [9.17, 15) is 5.11 Å². The number of aliphatic hydroxyl groups is 2. The fourth-order valence-corrected chi connectivity index (χ4v) is 2.56. The largest absolute Gasteiger partial charge is 0.394 e. The third-order valence-electron chi connectivity index (χ3n) is 3.53. The number of fused-ring (bicyclic) bond motifs is 1. The minimum atomic E-state index is -0.720. The summed E-state index contributed by atoms with van der Waals surface area (Å²) in [6.07, 6.45) is 0.150. The molecule has 1 aliphatic heterocycles. The molecule has 2 aromatic heterocycles. The third-order valence-corrected chi connectivity index (χ3v) is 4.00. The Bertz CT molecular complexity index is 712. The lowest BCUT2D eigenvalue weighted by molar-refractivity contribution is -0.0432. The zero-order valence-corrected chi connectivity index (χ0v) is 11.6. The molecule has 1 aliphatic rings. The Kier molecular flexibility index (Phi) is 3.21. The van der Waals surface area contributed by atoms with Gasteiger partial charge in [0.25, 0.3) is 0 Å². The Morgan fingerprint density at radius 1 is 1.60 bits per heavy atom. The Morgan fingerprint density at radius 3 is 3.00 bits per heavy atom. The highest BCUT2D eigenvalue weighted by Crippen LogP contribution is 2.30. The average molecular weight is 297 g/mol. The second kappa shape index (κ2) is 4.77. The maximum atomic E-state index is 9.80. The van der Waals surface area contributed by atoms with Crippen molar-refractivity contribution in [3.05, 3.63) is 11.0 Å². The van der Waals surface area contributed by atoms with Crippen LogP contribution >= 0.6 is 12.2 Å². The molecule has 3 atom stereocenters. The molecule has 0 aromatic carbocycles. The Labute approximate surface area is 119 Å². The van der Waals surface area contributed by atoms with E-state index in [0.717, 1.165) is 0 Å². The summed E-state index contributed by atoms with van der Waals surface area (Å²) < 4.78 is 9.34. The highest BCUT2D eigenvalue weighted by Gasteiger charge is 2.35. The van der Waals surface area contributed by atoms with Crippen LogP contribution in [0.5, 0.6) is 0 Å². The number of aromatic nitrogens is 4. The molecule has 0 amide bonds. The summed E-state index contributed by atoms with van der Waals surface area (Å²) in [5.74, 6) is 0.279. The first-order chi connectivity index (χ1) is 9.52. The second-order valence-electron chi connectivity index (χ2n) is 4.77. The predicted octanol–water partition coefficient (Wildman–Crippen LogP) is -0.278. The van der Waals surface area contributed by atoms with Crippen LogP contribution in [0.3, 0.4) is 0 Å². The zero-order chi connectivity index (χ0) is 14.4. The molecule has 0 bridgehead atoms. The molecule has 3 rings (SSSR count). The molecule has 0 spiro atoms. The topological polar surface area (TPSA) is 111 Å². The van der Waals surface area contributed by atoms with Gasteiger partial charge < -0.3 is 25.3 Å². The maximum absolute atomic E-state index is 9.80. The third kappa shape index (κ3) is 1.90. The molecule has 2 aromatic rings. The highest BCUT2D eigenvalue weighted by molar-refractivity contribution is 7.71. The van der Waals surface area contributed by atoms with Gasteiger partial charge in [0.2, 0.25) is 5.95 Å². The van der Waals surface area contributed by atoms with Crippen molar-refractivity contribution in [2.24, 2.45) is 7.05 Å². The summed E-state index contributed by atoms with van der Waals surface area (Å²) >= 11 is 5.28. The summed E-state index contributed by atoms with van der Waals surface area (Å²) in [5.41, 5.74) is 6.88. The number of hydrogen-bond donors (Lipinski definition) is 3. The van der Waals surface area contributed by atoms with Crippen molar-refractivity contribution in [1.82, 2.24) is 19.1 Å². The molecular weight excluding hydrogens is 282 g/mol. The van der Waals surface area contributed by atoms with Crippen LogP contribution in [0.1, 0.15) is 12.6 Å². The van der Waals surface area contributed by atoms with Gasteiger partial charge in [-0.1, -0.05) is 12.2 Å². The summed E-state index contributed by atoms with van der Waals surface area (Å²) in [4.78, 5) is 8.50. The molecule has 1 fully saturated rings. The van der Waals surface area contributed by atoms with E-state index in [1.165, 1.54) is 0 Å². The molecule has 20 heavy (non-hydrogen) atoms. The highest BCUT2D eigenvalue weighted by atomic mass is 32.1. The van der Waals surface area contributed by atoms with Gasteiger partial charge in [0.15, 0.2) is 5.65 Å². The fourth-order valence-electron chi connectivity index (χ4n) is 2.32. The van der Waals surface area contributed by atoms with Gasteiger partial charge in [-0.3, -0.25) is 4.57 Å². The van der Waals surface area contributed by atoms with Crippen molar-refractivity contribution in [3.63, 3.8) is 0 Å². The number of hydrogen-bond acceptors (Lipinski definition) is 7. The molecule has 4 N–H and O–H groups in total. The molecule has 108 valence electrons. The summed E-state index contributed by atoms with van der Waals surface area (Å²) in [6, 6.07) is 0. The number of nitrogen functional groups attached to an aromatic ring is 1. The Balaban J connectivity index is 2.08. The number of rotatable bonds is 2. The van der Waals surface area contributed by atoms with E-state index in [4.69, 9.17) is 27.8 Å². The van der Waals surface area contributed by atoms with Crippen LogP contribution in [0.25, 0.3) is 11.2 Å². The van der Waals surface area contributed by atoms with Gasteiger partial charge in [-0.15, -0.1) is 0 Å². The van der Waals surface area contributed by atoms with E-state index in [1.54, 1.807) is 22.5 Å². The van der Waals surface area contributed by atoms with Gasteiger partial charge in [-0.2, -0.15) is 4.98 Å². The van der Waals surface area contributed by atoms with Crippen molar-refractivity contribution in [2.75, 3.05) is 12.3 Å². The number of ether oxygens (including phenoxy) is 1. The first-order valence-corrected chi connectivity index (χ1v) is 6.57. The van der Waals surface area contributed by atoms with Crippen molar-refractivity contribution < 1.29 is 14.9 Å². The standard InChI is InChI=1S/C11H15N5O3S/c1-15-10(20)8-9(14-11(15)12)16(4-13-8)7-2-5(18)6(3-17)19-7/h4-7,17-18H,2-3H2,1H3,(H2,12,14)/t5?,6-,7-/m1/s1. The molecule has 9 heteroatoms. The first-order valence-electron chi connectivity index (χ1n) is 6.16. The quantitative estimate of drug-likeness (QED) is 0.654. The smallest absolute Gasteiger partial charge is 0.203 e. The van der Waals surface area contributed by atoms with Crippen molar-refractivity contribution in [2.45, 2.75) is 24.9 Å². The van der Waals surface area contributed by atoms with Crippen LogP contribution in [0.4, 0.5) is 5.95 Å². The average Bonchev–Trinajstić information content (AvgIpc) is 2.99. The summed E-state index contributed by atoms with van der Waals surface area (Å²) in [6.45, 7) is -0.235. The van der Waals surface area contributed by atoms with Crippen LogP contribution in [0.2, 0.25) is 0 Å². The summed E-state index contributed by atoms with van der Waals surface area (Å²) in [5, 5.41) is 18.9. The van der Waals surface area contributed by atoms with Crippen LogP contribution in [-0.2, 0) is 11.8 Å². The van der Waals surface area contributed by atoms with Crippen molar-refractivity contribution >= 4 is 29.3 Å². The number of anilines is 1. The monoisotopic (exact) mass is 297 g/mol. The van der Waals surface area contributed by atoms with E-state index in [2.05, 4.69) is 9.97 Å². The number of aliphatic hydroxyl groups excluding tert-OH is 2. The number of nitrogens with two attached hydrogens (primary N) is 1. The molecule has 0 saturated carbocycles. The van der Waals surface area contributed by atoms with Crippen LogP contribution in [0, 0.1) is 4.64 Å². The lowest BCUT2D eigenvalue weighted by Gasteiger charge is -2.14. The lowest BCUT2D eigenvalue weighted by atomic mass is 10.2. The van der Waals surface area contributed by atoms with Gasteiger partial charge in [0, 0.05) is 13.5 Å². The van der Waals surface area contributed by atoms with E-state index in [1.807, 2.05) is 0 Å². The number of imidazole rings is 1. The molecule has 0 radical (unpaired) electrons. The van der Waals surface area contributed by atoms with Crippen LogP contribution in [0.15, 0.2) is 6.33 Å². The molecule has 1 saturated heterocycles. The number of nitrogens with zero attached hydrogens (tertiary/aromatic N) is 4. The zero-order valence-electron chi connectivity index (χ0n) is 10.8. The molecular formula is C11H15N5O3S. The van der Waals surface area contributed by atoms with Gasteiger partial charge >= 0.3 is 0 Å². The van der Waals surface area contributed by atoms with Crippen LogP contribution in [-0.4, -0.2) is 48.1 Å². The fraction of sp³-hybridized carbons (Fsp3) is 0.545. The van der Waals surface area contributed by atoms with Crippen molar-refractivity contribution in [1.29, 1.82) is 0 Å². The minimum Gasteiger partial charge on any atom is -0.394 e. The van der Waals surface area contributed by atoms with Gasteiger partial charge in [0.05, 0.1) is 19.0 Å². The second-order valence-corrected chi connectivity index (χ2v) is 5.16. The SMILES string of the molecule is Cn1c(N)nc2c(ncn2[C@H]2CC(O)[C@@H](CO)O2)c1=S. The Hall–Kier alpha value is -1.55. The molecule has 0 aliphatic carbocycles. The normalized spacial score (nSPS) is 26.4. The molecule has 3 heterocycles. The van der Waals surface area contributed by atoms with Gasteiger partial charge in [-0.25, -0.2) is 4.98 Å². The molecule has 1 unspecified atom stereocenters. The van der Waals surface area contributed by atoms with E-state index in [-0.39, 0.29) is 12.6 Å². The van der Waals surface area contributed by atoms with E-state index < -0.39 is 18.4 Å². The summed E-state index contributed by atoms with van der Waals surface area (Å²) in [7, 11) is 1.72. The van der Waals surface area contributed by atoms with Gasteiger partial charge in [-0.05, 0) is 0 Å². The first kappa shape index (κ1) is 13.4. The van der Waals surface area contributed by atoms with Crippen LogP contribution < -0.4 is 5.73 Å². The maximum Gasteiger partial charge on any atom is 0.203 e. The minimum absolute atomic E-state index is 0.235. The molecule has 8 nitrogen and oxygen atoms in total. The van der Waals surface area contributed by atoms with E-state index in [0.29, 0.717) is 22.2 Å². The lowest BCUT2D eigenvalue weighted by Crippen LogP contribution is -2.24. The van der Waals surface area contributed by atoms with Crippen molar-refractivity contribution in [3.8, 4) is 0 Å².